The van der Waals surface area contributed by atoms with Crippen LogP contribution in [0.3, 0.4) is 0 Å². The van der Waals surface area contributed by atoms with E-state index < -0.39 is 11.7 Å². The third kappa shape index (κ3) is 1.84. The predicted octanol–water partition coefficient (Wildman–Crippen LogP) is 3.71. The lowest BCUT2D eigenvalue weighted by Gasteiger charge is -2.40. The second-order valence-electron chi connectivity index (χ2n) is 5.46. The number of nitrogens with one attached hydrogen (secondary N) is 1. The van der Waals surface area contributed by atoms with E-state index in [0.717, 1.165) is 11.9 Å². The molecule has 1 unspecified atom stereocenters. The molecule has 0 radical (unpaired) electrons. The zero-order valence-corrected chi connectivity index (χ0v) is 11.3. The molecule has 1 aliphatic rings. The second kappa shape index (κ2) is 4.52. The molecule has 2 aromatic rings. The summed E-state index contributed by atoms with van der Waals surface area (Å²) in [5, 5.41) is 3.44. The molecule has 20 heavy (non-hydrogen) atoms. The number of aryl methyl sites for hydroxylation is 1. The van der Waals surface area contributed by atoms with Crippen LogP contribution in [0, 0.1) is 0 Å². The van der Waals surface area contributed by atoms with Crippen LogP contribution in [-0.4, -0.2) is 17.3 Å². The number of nitrogens with zero attached hydrogens (tertiary/aromatic N) is 1. The summed E-state index contributed by atoms with van der Waals surface area (Å²) in [6.07, 6.45) is -1.18. The van der Waals surface area contributed by atoms with Crippen molar-refractivity contribution >= 4 is 10.9 Å². The average molecular weight is 282 g/mol. The maximum Gasteiger partial charge on any atom is 0.410 e. The topological polar surface area (TPSA) is 17.0 Å². The second-order valence-corrected chi connectivity index (χ2v) is 5.46. The Morgan fingerprint density at radius 1 is 1.20 bits per heavy atom. The highest BCUT2D eigenvalue weighted by atomic mass is 19.4. The SMILES string of the molecule is Cn1cc(C2(C(F)(F)F)CCCCN2)c2ccccc21. The summed E-state index contributed by atoms with van der Waals surface area (Å²) in [6, 6.07) is 7.26. The number of aromatic nitrogens is 1. The van der Waals surface area contributed by atoms with Crippen LogP contribution < -0.4 is 5.32 Å². The molecule has 0 saturated carbocycles. The molecule has 1 N–H and O–H groups in total. The van der Waals surface area contributed by atoms with Crippen molar-refractivity contribution in [3.8, 4) is 0 Å². The fraction of sp³-hybridized carbons (Fsp3) is 0.467. The minimum Gasteiger partial charge on any atom is -0.350 e. The number of rotatable bonds is 1. The average Bonchev–Trinajstić information content (AvgIpc) is 2.77. The Hall–Kier alpha value is -1.49. The molecule has 108 valence electrons. The first-order valence-corrected chi connectivity index (χ1v) is 6.82. The summed E-state index contributed by atoms with van der Waals surface area (Å²) in [5.74, 6) is 0. The van der Waals surface area contributed by atoms with Gasteiger partial charge < -0.3 is 4.57 Å². The number of para-hydroxylation sites is 1. The fourth-order valence-corrected chi connectivity index (χ4v) is 3.21. The smallest absolute Gasteiger partial charge is 0.350 e. The number of benzene rings is 1. The van der Waals surface area contributed by atoms with Crippen molar-refractivity contribution < 1.29 is 13.2 Å². The van der Waals surface area contributed by atoms with Gasteiger partial charge in [0.25, 0.3) is 0 Å². The molecule has 0 spiro atoms. The van der Waals surface area contributed by atoms with Gasteiger partial charge >= 0.3 is 6.18 Å². The van der Waals surface area contributed by atoms with Crippen LogP contribution in [0.1, 0.15) is 24.8 Å². The van der Waals surface area contributed by atoms with Gasteiger partial charge in [0.1, 0.15) is 5.54 Å². The maximum atomic E-state index is 13.7. The lowest BCUT2D eigenvalue weighted by atomic mass is 9.81. The van der Waals surface area contributed by atoms with E-state index >= 15 is 0 Å². The van der Waals surface area contributed by atoms with E-state index in [0.29, 0.717) is 23.9 Å². The van der Waals surface area contributed by atoms with Crippen molar-refractivity contribution in [3.63, 3.8) is 0 Å². The highest BCUT2D eigenvalue weighted by Gasteiger charge is 2.57. The first kappa shape index (κ1) is 13.5. The molecule has 1 aliphatic heterocycles. The Labute approximate surface area is 115 Å². The summed E-state index contributed by atoms with van der Waals surface area (Å²) < 4.78 is 43.0. The first-order chi connectivity index (χ1) is 9.46. The van der Waals surface area contributed by atoms with Gasteiger partial charge in [-0.3, -0.25) is 5.32 Å². The molecule has 1 aromatic carbocycles. The third-order valence-corrected chi connectivity index (χ3v) is 4.25. The van der Waals surface area contributed by atoms with E-state index in [-0.39, 0.29) is 6.42 Å². The molecule has 5 heteroatoms. The van der Waals surface area contributed by atoms with Gasteiger partial charge in [-0.1, -0.05) is 18.2 Å². The number of halogens is 3. The lowest BCUT2D eigenvalue weighted by molar-refractivity contribution is -0.207. The molecule has 2 heterocycles. The van der Waals surface area contributed by atoms with E-state index in [1.165, 1.54) is 0 Å². The number of hydrogen-bond acceptors (Lipinski definition) is 1. The Balaban J connectivity index is 2.25. The third-order valence-electron chi connectivity index (χ3n) is 4.25. The highest BCUT2D eigenvalue weighted by Crippen LogP contribution is 2.46. The Kier molecular flexibility index (Phi) is 3.05. The van der Waals surface area contributed by atoms with Gasteiger partial charge in [0, 0.05) is 29.7 Å². The van der Waals surface area contributed by atoms with Crippen molar-refractivity contribution in [1.29, 1.82) is 0 Å². The molecular weight excluding hydrogens is 265 g/mol. The summed E-state index contributed by atoms with van der Waals surface area (Å²) in [4.78, 5) is 0. The van der Waals surface area contributed by atoms with Crippen LogP contribution in [0.25, 0.3) is 10.9 Å². The van der Waals surface area contributed by atoms with Crippen molar-refractivity contribution in [2.45, 2.75) is 31.0 Å². The number of alkyl halides is 3. The van der Waals surface area contributed by atoms with E-state index in [1.807, 2.05) is 12.1 Å². The molecule has 0 bridgehead atoms. The van der Waals surface area contributed by atoms with Crippen LogP contribution >= 0.6 is 0 Å². The van der Waals surface area contributed by atoms with Crippen molar-refractivity contribution in [2.75, 3.05) is 6.54 Å². The fourth-order valence-electron chi connectivity index (χ4n) is 3.21. The molecule has 1 atom stereocenters. The Morgan fingerprint density at radius 3 is 2.60 bits per heavy atom. The minimum atomic E-state index is -4.29. The summed E-state index contributed by atoms with van der Waals surface area (Å²) in [7, 11) is 1.79. The maximum absolute atomic E-state index is 13.7. The largest absolute Gasteiger partial charge is 0.410 e. The molecule has 2 nitrogen and oxygen atoms in total. The summed E-state index contributed by atoms with van der Waals surface area (Å²) in [5.41, 5.74) is -0.729. The number of piperidine rings is 1. The molecule has 0 aliphatic carbocycles. The molecular formula is C15H17F3N2. The van der Waals surface area contributed by atoms with Crippen molar-refractivity contribution in [2.24, 2.45) is 7.05 Å². The van der Waals surface area contributed by atoms with Gasteiger partial charge in [-0.2, -0.15) is 13.2 Å². The van der Waals surface area contributed by atoms with Crippen LogP contribution in [-0.2, 0) is 12.6 Å². The van der Waals surface area contributed by atoms with Gasteiger partial charge in [-0.15, -0.1) is 0 Å². The van der Waals surface area contributed by atoms with E-state index in [4.69, 9.17) is 0 Å². The van der Waals surface area contributed by atoms with Crippen LogP contribution in [0.15, 0.2) is 30.5 Å². The molecule has 1 fully saturated rings. The van der Waals surface area contributed by atoms with Gasteiger partial charge in [0.2, 0.25) is 0 Å². The van der Waals surface area contributed by atoms with E-state index in [2.05, 4.69) is 5.32 Å². The molecule has 0 amide bonds. The van der Waals surface area contributed by atoms with Crippen molar-refractivity contribution in [3.05, 3.63) is 36.0 Å². The lowest BCUT2D eigenvalue weighted by Crippen LogP contribution is -2.56. The molecule has 3 rings (SSSR count). The summed E-state index contributed by atoms with van der Waals surface area (Å²) in [6.45, 7) is 0.405. The molecule has 1 saturated heterocycles. The predicted molar refractivity (Wildman–Crippen MR) is 72.5 cm³/mol. The monoisotopic (exact) mass is 282 g/mol. The van der Waals surface area contributed by atoms with Crippen LogP contribution in [0.5, 0.6) is 0 Å². The minimum absolute atomic E-state index is 0.102. The van der Waals surface area contributed by atoms with Gasteiger partial charge in [-0.05, 0) is 31.9 Å². The van der Waals surface area contributed by atoms with Gasteiger partial charge in [0.15, 0.2) is 0 Å². The van der Waals surface area contributed by atoms with Gasteiger partial charge in [-0.25, -0.2) is 0 Å². The normalized spacial score (nSPS) is 24.2. The van der Waals surface area contributed by atoms with E-state index in [1.54, 1.807) is 29.9 Å². The van der Waals surface area contributed by atoms with Crippen LogP contribution in [0.2, 0.25) is 0 Å². The van der Waals surface area contributed by atoms with Crippen LogP contribution in [0.4, 0.5) is 13.2 Å². The quantitative estimate of drug-likeness (QED) is 0.843. The van der Waals surface area contributed by atoms with E-state index in [9.17, 15) is 13.2 Å². The molecule has 1 aromatic heterocycles. The summed E-state index contributed by atoms with van der Waals surface area (Å²) >= 11 is 0. The zero-order valence-electron chi connectivity index (χ0n) is 11.3. The Bertz CT molecular complexity index is 622. The Morgan fingerprint density at radius 2 is 1.95 bits per heavy atom. The number of fused-ring (bicyclic) bond motifs is 1. The highest BCUT2D eigenvalue weighted by molar-refractivity contribution is 5.85. The first-order valence-electron chi connectivity index (χ1n) is 6.82. The number of hydrogen-bond donors (Lipinski definition) is 1. The van der Waals surface area contributed by atoms with Gasteiger partial charge in [0.05, 0.1) is 0 Å². The zero-order chi connectivity index (χ0) is 14.4. The van der Waals surface area contributed by atoms with Crippen molar-refractivity contribution in [1.82, 2.24) is 9.88 Å². The standard InChI is InChI=1S/C15H17F3N2/c1-20-10-12(11-6-2-3-7-13(11)20)14(15(16,17)18)8-4-5-9-19-14/h2-3,6-7,10,19H,4-5,8-9H2,1H3.